The fourth-order valence-corrected chi connectivity index (χ4v) is 2.79. The molecule has 2 aromatic carbocycles. The smallest absolute Gasteiger partial charge is 0.124 e. The van der Waals surface area contributed by atoms with Gasteiger partial charge in [-0.2, -0.15) is 0 Å². The lowest BCUT2D eigenvalue weighted by Gasteiger charge is -2.14. The lowest BCUT2D eigenvalue weighted by Crippen LogP contribution is -2.03. The predicted molar refractivity (Wildman–Crippen MR) is 79.2 cm³/mol. The van der Waals surface area contributed by atoms with E-state index in [1.807, 2.05) is 0 Å². The molecule has 2 aromatic rings. The van der Waals surface area contributed by atoms with Gasteiger partial charge in [-0.05, 0) is 29.8 Å². The summed E-state index contributed by atoms with van der Waals surface area (Å²) < 4.78 is 13.9. The van der Waals surface area contributed by atoms with Crippen LogP contribution in [-0.4, -0.2) is 5.11 Å². The molecule has 0 aliphatic rings. The molecule has 0 saturated heterocycles. The molecule has 0 spiro atoms. The van der Waals surface area contributed by atoms with Crippen LogP contribution in [0.4, 0.5) is 4.39 Å². The Hall–Kier alpha value is -0.610. The van der Waals surface area contributed by atoms with Crippen molar-refractivity contribution in [1.29, 1.82) is 0 Å². The van der Waals surface area contributed by atoms with E-state index in [1.165, 1.54) is 12.1 Å². The van der Waals surface area contributed by atoms with Crippen LogP contribution in [0.15, 0.2) is 40.9 Å². The van der Waals surface area contributed by atoms with Crippen molar-refractivity contribution in [2.75, 3.05) is 0 Å². The van der Waals surface area contributed by atoms with E-state index in [1.54, 1.807) is 24.3 Å². The average Bonchev–Trinajstić information content (AvgIpc) is 2.31. The summed E-state index contributed by atoms with van der Waals surface area (Å²) in [7, 11) is 0. The Labute approximate surface area is 129 Å². The van der Waals surface area contributed by atoms with Crippen LogP contribution < -0.4 is 0 Å². The Kier molecular flexibility index (Phi) is 4.85. The third kappa shape index (κ3) is 3.69. The normalized spacial score (nSPS) is 12.5. The lowest BCUT2D eigenvalue weighted by molar-refractivity contribution is 0.178. The van der Waals surface area contributed by atoms with E-state index in [0.29, 0.717) is 25.6 Å². The second-order valence-corrected chi connectivity index (χ2v) is 5.84. The zero-order valence-corrected chi connectivity index (χ0v) is 12.8. The van der Waals surface area contributed by atoms with Gasteiger partial charge in [0.05, 0.1) is 16.1 Å². The zero-order valence-electron chi connectivity index (χ0n) is 9.71. The van der Waals surface area contributed by atoms with E-state index in [0.717, 1.165) is 0 Å². The largest absolute Gasteiger partial charge is 0.388 e. The molecule has 19 heavy (non-hydrogen) atoms. The predicted octanol–water partition coefficient (Wildman–Crippen LogP) is 5.17. The van der Waals surface area contributed by atoms with Gasteiger partial charge < -0.3 is 5.11 Å². The van der Waals surface area contributed by atoms with E-state index in [2.05, 4.69) is 15.9 Å². The molecule has 0 fully saturated rings. The highest BCUT2D eigenvalue weighted by Gasteiger charge is 2.14. The molecule has 0 aliphatic heterocycles. The Balaban J connectivity index is 2.25. The van der Waals surface area contributed by atoms with Crippen LogP contribution in [0.25, 0.3) is 0 Å². The fraction of sp³-hybridized carbons (Fsp3) is 0.143. The van der Waals surface area contributed by atoms with Crippen LogP contribution in [0.1, 0.15) is 17.2 Å². The van der Waals surface area contributed by atoms with Crippen molar-refractivity contribution in [3.05, 3.63) is 67.9 Å². The van der Waals surface area contributed by atoms with Crippen LogP contribution in [-0.2, 0) is 6.42 Å². The molecule has 1 atom stereocenters. The molecule has 1 N–H and O–H groups in total. The number of rotatable bonds is 3. The zero-order chi connectivity index (χ0) is 14.0. The van der Waals surface area contributed by atoms with E-state index in [4.69, 9.17) is 23.2 Å². The van der Waals surface area contributed by atoms with Gasteiger partial charge in [0.25, 0.3) is 0 Å². The molecule has 1 nitrogen and oxygen atoms in total. The number of aliphatic hydroxyl groups excluding tert-OH is 1. The maximum Gasteiger partial charge on any atom is 0.124 e. The summed E-state index contributed by atoms with van der Waals surface area (Å²) in [6, 6.07) is 9.57. The van der Waals surface area contributed by atoms with Gasteiger partial charge in [-0.3, -0.25) is 0 Å². The first-order valence-corrected chi connectivity index (χ1v) is 7.09. The molecule has 5 heteroatoms. The molecule has 100 valence electrons. The summed E-state index contributed by atoms with van der Waals surface area (Å²) in [4.78, 5) is 0. The summed E-state index contributed by atoms with van der Waals surface area (Å²) in [6.07, 6.45) is -0.573. The quantitative estimate of drug-likeness (QED) is 0.797. The summed E-state index contributed by atoms with van der Waals surface area (Å²) in [5, 5.41) is 10.9. The number of hydrogen-bond donors (Lipinski definition) is 1. The number of aliphatic hydroxyl groups is 1. The lowest BCUT2D eigenvalue weighted by atomic mass is 10.0. The third-order valence-electron chi connectivity index (χ3n) is 2.69. The summed E-state index contributed by atoms with van der Waals surface area (Å²) in [6.45, 7) is 0. The Morgan fingerprint density at radius 2 is 1.95 bits per heavy atom. The van der Waals surface area contributed by atoms with Crippen molar-refractivity contribution in [3.63, 3.8) is 0 Å². The molecular formula is C14H10BrCl2FO. The van der Waals surface area contributed by atoms with Gasteiger partial charge in [0, 0.05) is 16.5 Å². The van der Waals surface area contributed by atoms with Crippen LogP contribution in [0.2, 0.25) is 10.0 Å². The van der Waals surface area contributed by atoms with Gasteiger partial charge in [-0.1, -0.05) is 51.3 Å². The van der Waals surface area contributed by atoms with Crippen LogP contribution in [0.3, 0.4) is 0 Å². The maximum absolute atomic E-state index is 13.3. The monoisotopic (exact) mass is 362 g/mol. The maximum atomic E-state index is 13.3. The summed E-state index contributed by atoms with van der Waals surface area (Å²) in [5.74, 6) is -0.353. The van der Waals surface area contributed by atoms with E-state index in [-0.39, 0.29) is 12.2 Å². The van der Waals surface area contributed by atoms with Crippen LogP contribution in [0.5, 0.6) is 0 Å². The SMILES string of the molecule is OC(Cc1cc(F)cc(Br)c1)c1cccc(Cl)c1Cl. The van der Waals surface area contributed by atoms with Gasteiger partial charge in [0.1, 0.15) is 5.82 Å². The topological polar surface area (TPSA) is 20.2 Å². The first kappa shape index (κ1) is 14.8. The van der Waals surface area contributed by atoms with Crippen LogP contribution in [0, 0.1) is 5.82 Å². The molecule has 0 aromatic heterocycles. The molecule has 0 bridgehead atoms. The molecule has 1 unspecified atom stereocenters. The fourth-order valence-electron chi connectivity index (χ4n) is 1.84. The van der Waals surface area contributed by atoms with E-state index >= 15 is 0 Å². The van der Waals surface area contributed by atoms with Gasteiger partial charge in [0.2, 0.25) is 0 Å². The van der Waals surface area contributed by atoms with Crippen molar-refractivity contribution >= 4 is 39.1 Å². The highest BCUT2D eigenvalue weighted by molar-refractivity contribution is 9.10. The Morgan fingerprint density at radius 3 is 2.63 bits per heavy atom. The second-order valence-electron chi connectivity index (χ2n) is 4.14. The highest BCUT2D eigenvalue weighted by Crippen LogP contribution is 2.31. The number of benzene rings is 2. The van der Waals surface area contributed by atoms with Gasteiger partial charge in [-0.25, -0.2) is 4.39 Å². The minimum absolute atomic E-state index is 0.260. The third-order valence-corrected chi connectivity index (χ3v) is 3.98. The van der Waals surface area contributed by atoms with E-state index in [9.17, 15) is 9.50 Å². The van der Waals surface area contributed by atoms with Crippen molar-refractivity contribution in [1.82, 2.24) is 0 Å². The molecular weight excluding hydrogens is 354 g/mol. The first-order valence-electron chi connectivity index (χ1n) is 5.54. The van der Waals surface area contributed by atoms with E-state index < -0.39 is 6.10 Å². The highest BCUT2D eigenvalue weighted by atomic mass is 79.9. The van der Waals surface area contributed by atoms with Crippen molar-refractivity contribution in [2.45, 2.75) is 12.5 Å². The molecule has 0 heterocycles. The minimum atomic E-state index is -0.833. The number of halogens is 4. The van der Waals surface area contributed by atoms with Gasteiger partial charge in [-0.15, -0.1) is 0 Å². The molecule has 0 aliphatic carbocycles. The van der Waals surface area contributed by atoms with Crippen molar-refractivity contribution in [2.24, 2.45) is 0 Å². The van der Waals surface area contributed by atoms with Gasteiger partial charge >= 0.3 is 0 Å². The molecule has 0 radical (unpaired) electrons. The standard InChI is InChI=1S/C14H10BrCl2FO/c15-9-4-8(5-10(18)7-9)6-13(19)11-2-1-3-12(16)14(11)17/h1-5,7,13,19H,6H2. The average molecular weight is 364 g/mol. The number of hydrogen-bond acceptors (Lipinski definition) is 1. The van der Waals surface area contributed by atoms with Crippen molar-refractivity contribution in [3.8, 4) is 0 Å². The Morgan fingerprint density at radius 1 is 1.21 bits per heavy atom. The minimum Gasteiger partial charge on any atom is -0.388 e. The summed E-state index contributed by atoms with van der Waals surface area (Å²) in [5.41, 5.74) is 1.21. The van der Waals surface area contributed by atoms with Gasteiger partial charge in [0.15, 0.2) is 0 Å². The van der Waals surface area contributed by atoms with Crippen LogP contribution >= 0.6 is 39.1 Å². The summed E-state index contributed by atoms with van der Waals surface area (Å²) >= 11 is 15.2. The second kappa shape index (κ2) is 6.23. The molecule has 0 saturated carbocycles. The first-order chi connectivity index (χ1) is 8.97. The molecule has 0 amide bonds. The van der Waals surface area contributed by atoms with Crippen molar-refractivity contribution < 1.29 is 9.50 Å². The molecule has 2 rings (SSSR count). The Bertz CT molecular complexity index is 584.